The molecule has 2 heterocycles. The number of benzene rings is 1. The van der Waals surface area contributed by atoms with Gasteiger partial charge in [-0.25, -0.2) is 4.98 Å². The Bertz CT molecular complexity index is 580. The van der Waals surface area contributed by atoms with Gasteiger partial charge < -0.3 is 10.2 Å². The highest BCUT2D eigenvalue weighted by Gasteiger charge is 2.19. The molecule has 1 saturated heterocycles. The number of aromatic nitrogens is 3. The zero-order chi connectivity index (χ0) is 14.5. The van der Waals surface area contributed by atoms with E-state index in [2.05, 4.69) is 27.3 Å². The van der Waals surface area contributed by atoms with Crippen molar-refractivity contribution in [3.8, 4) is 0 Å². The van der Waals surface area contributed by atoms with Crippen LogP contribution in [-0.2, 0) is 0 Å². The number of fused-ring (bicyclic) bond motifs is 1. The summed E-state index contributed by atoms with van der Waals surface area (Å²) in [6, 6.07) is 7.92. The highest BCUT2D eigenvalue weighted by molar-refractivity contribution is 5.74. The topological polar surface area (TPSA) is 53.9 Å². The van der Waals surface area contributed by atoms with Crippen LogP contribution in [0.15, 0.2) is 24.3 Å². The molecule has 0 amide bonds. The number of nitrogens with zero attached hydrogens (tertiary/aromatic N) is 4. The van der Waals surface area contributed by atoms with Crippen molar-refractivity contribution in [3.05, 3.63) is 24.3 Å². The van der Waals surface area contributed by atoms with Crippen LogP contribution in [0.1, 0.15) is 26.2 Å². The van der Waals surface area contributed by atoms with Gasteiger partial charge in [0.2, 0.25) is 5.95 Å². The molecule has 0 spiro atoms. The fourth-order valence-corrected chi connectivity index (χ4v) is 2.92. The fraction of sp³-hybridized carbons (Fsp3) is 0.562. The van der Waals surface area contributed by atoms with Crippen molar-refractivity contribution in [2.24, 2.45) is 5.92 Å². The van der Waals surface area contributed by atoms with Crippen molar-refractivity contribution in [2.45, 2.75) is 26.2 Å². The van der Waals surface area contributed by atoms with E-state index < -0.39 is 0 Å². The summed E-state index contributed by atoms with van der Waals surface area (Å²) >= 11 is 0. The molecule has 0 atom stereocenters. The van der Waals surface area contributed by atoms with Gasteiger partial charge in [-0.3, -0.25) is 0 Å². The number of rotatable bonds is 5. The molecule has 112 valence electrons. The lowest BCUT2D eigenvalue weighted by molar-refractivity contribution is 0.372. The first-order valence-corrected chi connectivity index (χ1v) is 7.92. The monoisotopic (exact) mass is 285 g/mol. The Kier molecular flexibility index (Phi) is 4.60. The van der Waals surface area contributed by atoms with E-state index in [1.165, 1.54) is 12.8 Å². The lowest BCUT2D eigenvalue weighted by Crippen LogP contribution is -2.37. The summed E-state index contributed by atoms with van der Waals surface area (Å²) in [5.74, 6) is 1.50. The molecule has 1 fully saturated rings. The molecule has 1 N–H and O–H groups in total. The maximum Gasteiger partial charge on any atom is 0.245 e. The summed E-state index contributed by atoms with van der Waals surface area (Å²) in [7, 11) is 0. The van der Waals surface area contributed by atoms with Crippen LogP contribution in [0.2, 0.25) is 0 Å². The quantitative estimate of drug-likeness (QED) is 0.913. The summed E-state index contributed by atoms with van der Waals surface area (Å²) in [6.07, 6.45) is 3.57. The summed E-state index contributed by atoms with van der Waals surface area (Å²) in [5, 5.41) is 12.1. The molecule has 5 nitrogen and oxygen atoms in total. The second-order valence-corrected chi connectivity index (χ2v) is 5.74. The third kappa shape index (κ3) is 3.47. The smallest absolute Gasteiger partial charge is 0.245 e. The summed E-state index contributed by atoms with van der Waals surface area (Å²) < 4.78 is 0. The number of nitrogens with one attached hydrogen (secondary N) is 1. The van der Waals surface area contributed by atoms with Crippen molar-refractivity contribution in [3.63, 3.8) is 0 Å². The molecule has 1 aliphatic heterocycles. The normalized spacial score (nSPS) is 16.2. The Labute approximate surface area is 125 Å². The number of hydrogen-bond acceptors (Lipinski definition) is 5. The lowest BCUT2D eigenvalue weighted by atomic mass is 9.97. The summed E-state index contributed by atoms with van der Waals surface area (Å²) in [4.78, 5) is 7.00. The van der Waals surface area contributed by atoms with E-state index in [1.807, 2.05) is 24.3 Å². The van der Waals surface area contributed by atoms with Crippen LogP contribution in [0.3, 0.4) is 0 Å². The minimum atomic E-state index is 0.730. The summed E-state index contributed by atoms with van der Waals surface area (Å²) in [5.41, 5.74) is 1.79. The first kappa shape index (κ1) is 14.2. The van der Waals surface area contributed by atoms with Crippen LogP contribution in [0.5, 0.6) is 0 Å². The predicted molar refractivity (Wildman–Crippen MR) is 85.4 cm³/mol. The van der Waals surface area contributed by atoms with Gasteiger partial charge in [-0.2, -0.15) is 0 Å². The van der Waals surface area contributed by atoms with Crippen molar-refractivity contribution in [2.75, 3.05) is 31.1 Å². The van der Waals surface area contributed by atoms with Crippen LogP contribution in [-0.4, -0.2) is 41.4 Å². The van der Waals surface area contributed by atoms with E-state index in [1.54, 1.807) is 0 Å². The Morgan fingerprint density at radius 3 is 2.67 bits per heavy atom. The van der Waals surface area contributed by atoms with Gasteiger partial charge >= 0.3 is 0 Å². The third-order valence-corrected chi connectivity index (χ3v) is 4.06. The Balaban J connectivity index is 1.80. The van der Waals surface area contributed by atoms with Crippen LogP contribution < -0.4 is 10.2 Å². The number of para-hydroxylation sites is 1. The van der Waals surface area contributed by atoms with Gasteiger partial charge in [-0.15, -0.1) is 10.2 Å². The molecule has 2 aromatic rings. The fourth-order valence-electron chi connectivity index (χ4n) is 2.92. The predicted octanol–water partition coefficient (Wildman–Crippen LogP) is 2.24. The van der Waals surface area contributed by atoms with Crippen molar-refractivity contribution >= 4 is 17.0 Å². The van der Waals surface area contributed by atoms with Crippen LogP contribution in [0, 0.1) is 5.92 Å². The molecule has 0 bridgehead atoms. The number of anilines is 1. The van der Waals surface area contributed by atoms with Gasteiger partial charge in [-0.1, -0.05) is 19.1 Å². The second-order valence-electron chi connectivity index (χ2n) is 5.74. The molecule has 0 saturated carbocycles. The minimum absolute atomic E-state index is 0.730. The molecule has 3 rings (SSSR count). The molecular formula is C16H23N5. The van der Waals surface area contributed by atoms with Crippen molar-refractivity contribution in [1.29, 1.82) is 0 Å². The van der Waals surface area contributed by atoms with E-state index in [-0.39, 0.29) is 0 Å². The maximum absolute atomic E-state index is 4.70. The Hall–Kier alpha value is -1.75. The zero-order valence-electron chi connectivity index (χ0n) is 12.6. The van der Waals surface area contributed by atoms with Crippen molar-refractivity contribution in [1.82, 2.24) is 20.5 Å². The van der Waals surface area contributed by atoms with E-state index in [9.17, 15) is 0 Å². The zero-order valence-corrected chi connectivity index (χ0v) is 12.6. The molecule has 1 aliphatic rings. The second kappa shape index (κ2) is 6.80. The molecule has 1 aromatic heterocycles. The molecular weight excluding hydrogens is 262 g/mol. The Morgan fingerprint density at radius 1 is 1.14 bits per heavy atom. The molecule has 0 aliphatic carbocycles. The standard InChI is InChI=1S/C16H23N5/c1-2-11-21(12-13-7-9-17-10-8-13)16-18-14-5-3-4-6-15(14)19-20-16/h3-6,13,17H,2,7-12H2,1H3. The van der Waals surface area contributed by atoms with Gasteiger partial charge in [0.25, 0.3) is 0 Å². The first-order valence-electron chi connectivity index (χ1n) is 7.92. The van der Waals surface area contributed by atoms with Crippen molar-refractivity contribution < 1.29 is 0 Å². The van der Waals surface area contributed by atoms with Gasteiger partial charge in [0.15, 0.2) is 0 Å². The summed E-state index contributed by atoms with van der Waals surface area (Å²) in [6.45, 7) is 6.48. The molecule has 0 radical (unpaired) electrons. The molecule has 5 heteroatoms. The van der Waals surface area contributed by atoms with E-state index in [0.717, 1.165) is 55.5 Å². The average Bonchev–Trinajstić information content (AvgIpc) is 2.55. The van der Waals surface area contributed by atoms with E-state index in [4.69, 9.17) is 4.98 Å². The van der Waals surface area contributed by atoms with Crippen LogP contribution in [0.25, 0.3) is 11.0 Å². The maximum atomic E-state index is 4.70. The minimum Gasteiger partial charge on any atom is -0.339 e. The lowest BCUT2D eigenvalue weighted by Gasteiger charge is -2.29. The largest absolute Gasteiger partial charge is 0.339 e. The first-order chi connectivity index (χ1) is 10.4. The average molecular weight is 285 g/mol. The van der Waals surface area contributed by atoms with Crippen LogP contribution in [0.4, 0.5) is 5.95 Å². The Morgan fingerprint density at radius 2 is 1.90 bits per heavy atom. The third-order valence-electron chi connectivity index (χ3n) is 4.06. The highest BCUT2D eigenvalue weighted by Crippen LogP contribution is 2.18. The number of hydrogen-bond donors (Lipinski definition) is 1. The van der Waals surface area contributed by atoms with Gasteiger partial charge in [-0.05, 0) is 50.4 Å². The molecule has 21 heavy (non-hydrogen) atoms. The highest BCUT2D eigenvalue weighted by atomic mass is 15.3. The van der Waals surface area contributed by atoms with E-state index >= 15 is 0 Å². The SMILES string of the molecule is CCCN(CC1CCNCC1)c1nnc2ccccc2n1. The van der Waals surface area contributed by atoms with Gasteiger partial charge in [0.05, 0.1) is 5.52 Å². The molecule has 0 unspecified atom stereocenters. The van der Waals surface area contributed by atoms with E-state index in [0.29, 0.717) is 0 Å². The van der Waals surface area contributed by atoms with Crippen LogP contribution >= 0.6 is 0 Å². The molecule has 1 aromatic carbocycles. The number of piperidine rings is 1. The van der Waals surface area contributed by atoms with Gasteiger partial charge in [0, 0.05) is 13.1 Å². The van der Waals surface area contributed by atoms with Gasteiger partial charge in [0.1, 0.15) is 5.52 Å².